The topological polar surface area (TPSA) is 35.6 Å². The summed E-state index contributed by atoms with van der Waals surface area (Å²) in [6, 6.07) is 0.521. The van der Waals surface area contributed by atoms with Gasteiger partial charge in [-0.25, -0.2) is 4.98 Å². The minimum absolute atomic E-state index is 0.472. The van der Waals surface area contributed by atoms with E-state index in [1.165, 1.54) is 25.0 Å². The zero-order chi connectivity index (χ0) is 15.0. The summed E-state index contributed by atoms with van der Waals surface area (Å²) in [5, 5.41) is 5.39. The van der Waals surface area contributed by atoms with Crippen molar-refractivity contribution in [1.29, 1.82) is 0 Å². The van der Waals surface area contributed by atoms with E-state index in [1.807, 2.05) is 11.7 Å². The monoisotopic (exact) mass is 326 g/mol. The van der Waals surface area contributed by atoms with E-state index in [9.17, 15) is 0 Å². The molecular weight excluding hydrogens is 304 g/mol. The molecule has 2 aromatic heterocycles. The summed E-state index contributed by atoms with van der Waals surface area (Å²) in [6.07, 6.45) is 4.65. The van der Waals surface area contributed by atoms with Gasteiger partial charge in [0.05, 0.1) is 11.6 Å². The lowest BCUT2D eigenvalue weighted by atomic mass is 10.2. The van der Waals surface area contributed by atoms with Crippen LogP contribution in [0.1, 0.15) is 50.7 Å². The van der Waals surface area contributed by atoms with Crippen molar-refractivity contribution in [3.8, 4) is 0 Å². The Morgan fingerprint density at radius 1 is 1.33 bits per heavy atom. The van der Waals surface area contributed by atoms with Gasteiger partial charge in [0.25, 0.3) is 0 Å². The van der Waals surface area contributed by atoms with Crippen LogP contribution in [-0.4, -0.2) is 30.3 Å². The molecule has 21 heavy (non-hydrogen) atoms. The second-order valence-electron chi connectivity index (χ2n) is 5.67. The van der Waals surface area contributed by atoms with Crippen LogP contribution in [0.4, 0.5) is 0 Å². The average molecular weight is 327 g/mol. The van der Waals surface area contributed by atoms with Crippen molar-refractivity contribution in [1.82, 2.24) is 19.3 Å². The second-order valence-corrected chi connectivity index (χ2v) is 7.52. The van der Waals surface area contributed by atoms with Gasteiger partial charge in [-0.1, -0.05) is 13.8 Å². The van der Waals surface area contributed by atoms with Gasteiger partial charge < -0.3 is 4.57 Å². The summed E-state index contributed by atoms with van der Waals surface area (Å²) >= 11 is 8.25. The van der Waals surface area contributed by atoms with Gasteiger partial charge in [-0.3, -0.25) is 4.68 Å². The average Bonchev–Trinajstić information content (AvgIpc) is 3.14. The van der Waals surface area contributed by atoms with Crippen LogP contribution in [0.3, 0.4) is 0 Å². The third-order valence-corrected chi connectivity index (χ3v) is 5.86. The van der Waals surface area contributed by atoms with Crippen LogP contribution >= 0.6 is 23.4 Å². The Labute approximate surface area is 135 Å². The van der Waals surface area contributed by atoms with Crippen LogP contribution in [0, 0.1) is 0 Å². The van der Waals surface area contributed by atoms with Gasteiger partial charge in [0, 0.05) is 18.3 Å². The lowest BCUT2D eigenvalue weighted by Gasteiger charge is -2.16. The highest BCUT2D eigenvalue weighted by Crippen LogP contribution is 2.39. The summed E-state index contributed by atoms with van der Waals surface area (Å²) in [5.41, 5.74) is 3.27. The van der Waals surface area contributed by atoms with Gasteiger partial charge in [0.1, 0.15) is 11.3 Å². The van der Waals surface area contributed by atoms with Crippen molar-refractivity contribution in [3.63, 3.8) is 0 Å². The molecule has 0 aliphatic heterocycles. The van der Waals surface area contributed by atoms with Gasteiger partial charge in [-0.15, -0.1) is 11.6 Å². The summed E-state index contributed by atoms with van der Waals surface area (Å²) in [5.74, 6) is 2.67. The van der Waals surface area contributed by atoms with Crippen molar-refractivity contribution in [2.45, 2.75) is 56.7 Å². The maximum atomic E-state index is 6.17. The van der Waals surface area contributed by atoms with E-state index in [4.69, 9.17) is 16.6 Å². The Balaban J connectivity index is 2.03. The fraction of sp³-hybridized carbons (Fsp3) is 0.733. The summed E-state index contributed by atoms with van der Waals surface area (Å²) in [7, 11) is 2.02. The lowest BCUT2D eigenvalue weighted by Crippen LogP contribution is -2.12. The Kier molecular flexibility index (Phi) is 4.50. The molecule has 0 spiro atoms. The summed E-state index contributed by atoms with van der Waals surface area (Å²) in [4.78, 5) is 4.78. The van der Waals surface area contributed by atoms with Crippen LogP contribution in [0.15, 0.2) is 0 Å². The molecule has 2 heterocycles. The predicted molar refractivity (Wildman–Crippen MR) is 90.2 cm³/mol. The number of fused-ring (bicyclic) bond motifs is 1. The van der Waals surface area contributed by atoms with Crippen molar-refractivity contribution in [2.24, 2.45) is 7.05 Å². The third-order valence-electron chi connectivity index (χ3n) is 4.39. The summed E-state index contributed by atoms with van der Waals surface area (Å²) < 4.78 is 4.35. The van der Waals surface area contributed by atoms with Crippen LogP contribution in [0.5, 0.6) is 0 Å². The molecule has 2 unspecified atom stereocenters. The van der Waals surface area contributed by atoms with Gasteiger partial charge >= 0.3 is 0 Å². The van der Waals surface area contributed by atoms with Gasteiger partial charge in [-0.05, 0) is 31.4 Å². The van der Waals surface area contributed by atoms with E-state index in [0.717, 1.165) is 34.4 Å². The third kappa shape index (κ3) is 2.59. The highest BCUT2D eigenvalue weighted by atomic mass is 35.5. The molecule has 0 saturated heterocycles. The SMILES string of the molecule is CCSC1CCC(n2c(CCl)nc3c(CC)nn(C)c32)C1. The van der Waals surface area contributed by atoms with E-state index in [2.05, 4.69) is 35.3 Å². The molecule has 1 fully saturated rings. The molecule has 0 radical (unpaired) electrons. The highest BCUT2D eigenvalue weighted by Gasteiger charge is 2.30. The Morgan fingerprint density at radius 2 is 2.14 bits per heavy atom. The van der Waals surface area contributed by atoms with Crippen molar-refractivity contribution >= 4 is 34.5 Å². The number of alkyl halides is 1. The van der Waals surface area contributed by atoms with Gasteiger partial charge in [0.2, 0.25) is 0 Å². The van der Waals surface area contributed by atoms with E-state index in [-0.39, 0.29) is 0 Å². The zero-order valence-electron chi connectivity index (χ0n) is 13.0. The zero-order valence-corrected chi connectivity index (χ0v) is 14.5. The van der Waals surface area contributed by atoms with Crippen LogP contribution < -0.4 is 0 Å². The second kappa shape index (κ2) is 6.21. The number of imidazole rings is 1. The van der Waals surface area contributed by atoms with Crippen LogP contribution in [-0.2, 0) is 19.3 Å². The standard InChI is InChI=1S/C15H23ClN4S/c1-4-12-14-15(19(3)18-12)20(13(9-16)17-14)10-6-7-11(8-10)21-5-2/h10-11H,4-9H2,1-3H3. The smallest absolute Gasteiger partial charge is 0.158 e. The Morgan fingerprint density at radius 3 is 2.81 bits per heavy atom. The molecule has 0 amide bonds. The first kappa shape index (κ1) is 15.2. The molecule has 0 N–H and O–H groups in total. The lowest BCUT2D eigenvalue weighted by molar-refractivity contribution is 0.507. The largest absolute Gasteiger partial charge is 0.309 e. The number of hydrogen-bond acceptors (Lipinski definition) is 3. The number of halogens is 1. The molecule has 1 aliphatic rings. The molecule has 6 heteroatoms. The number of hydrogen-bond donors (Lipinski definition) is 0. The Hall–Kier alpha value is -0.680. The molecule has 2 atom stereocenters. The fourth-order valence-electron chi connectivity index (χ4n) is 3.50. The molecule has 116 valence electrons. The molecular formula is C15H23ClN4S. The molecule has 4 nitrogen and oxygen atoms in total. The molecule has 2 aromatic rings. The maximum Gasteiger partial charge on any atom is 0.158 e. The van der Waals surface area contributed by atoms with E-state index in [1.54, 1.807) is 0 Å². The summed E-state index contributed by atoms with van der Waals surface area (Å²) in [6.45, 7) is 4.37. The number of thioether (sulfide) groups is 1. The quantitative estimate of drug-likeness (QED) is 0.781. The van der Waals surface area contributed by atoms with Crippen molar-refractivity contribution in [2.75, 3.05) is 5.75 Å². The van der Waals surface area contributed by atoms with Crippen molar-refractivity contribution < 1.29 is 0 Å². The first-order valence-electron chi connectivity index (χ1n) is 7.79. The highest BCUT2D eigenvalue weighted by molar-refractivity contribution is 7.99. The molecule has 3 rings (SSSR count). The van der Waals surface area contributed by atoms with E-state index in [0.29, 0.717) is 11.9 Å². The Bertz CT molecular complexity index is 633. The van der Waals surface area contributed by atoms with E-state index >= 15 is 0 Å². The first-order valence-corrected chi connectivity index (χ1v) is 9.38. The molecule has 1 aliphatic carbocycles. The first-order chi connectivity index (χ1) is 10.2. The molecule has 0 bridgehead atoms. The van der Waals surface area contributed by atoms with E-state index < -0.39 is 0 Å². The normalized spacial score (nSPS) is 22.5. The fourth-order valence-corrected chi connectivity index (χ4v) is 4.82. The molecule has 1 saturated carbocycles. The van der Waals surface area contributed by atoms with Gasteiger partial charge in [-0.2, -0.15) is 16.9 Å². The van der Waals surface area contributed by atoms with Crippen LogP contribution in [0.2, 0.25) is 0 Å². The number of nitrogens with zero attached hydrogens (tertiary/aromatic N) is 4. The van der Waals surface area contributed by atoms with Crippen molar-refractivity contribution in [3.05, 3.63) is 11.5 Å². The predicted octanol–water partition coefficient (Wildman–Crippen LogP) is 3.92. The molecule has 0 aromatic carbocycles. The maximum absolute atomic E-state index is 6.17. The minimum Gasteiger partial charge on any atom is -0.309 e. The number of aryl methyl sites for hydroxylation is 2. The number of rotatable bonds is 5. The minimum atomic E-state index is 0.472. The number of aromatic nitrogens is 4. The van der Waals surface area contributed by atoms with Gasteiger partial charge in [0.15, 0.2) is 5.65 Å². The van der Waals surface area contributed by atoms with Crippen LogP contribution in [0.25, 0.3) is 11.2 Å².